The molecule has 1 saturated heterocycles. The summed E-state index contributed by atoms with van der Waals surface area (Å²) in [5, 5.41) is 14.0. The average Bonchev–Trinajstić information content (AvgIpc) is 2.95. The van der Waals surface area contributed by atoms with E-state index >= 15 is 0 Å². The molecule has 0 aromatic carbocycles. The third kappa shape index (κ3) is 2.26. The van der Waals surface area contributed by atoms with Gasteiger partial charge in [0.1, 0.15) is 10.0 Å². The molecule has 1 aliphatic heterocycles. The maximum Gasteiger partial charge on any atom is 0.134 e. The van der Waals surface area contributed by atoms with Crippen molar-refractivity contribution in [1.82, 2.24) is 15.5 Å². The summed E-state index contributed by atoms with van der Waals surface area (Å²) in [5.74, 6) is 0.459. The van der Waals surface area contributed by atoms with Gasteiger partial charge in [0.15, 0.2) is 0 Å². The number of rotatable bonds is 4. The van der Waals surface area contributed by atoms with Crippen LogP contribution in [0.5, 0.6) is 0 Å². The van der Waals surface area contributed by atoms with E-state index in [0.29, 0.717) is 12.0 Å². The molecule has 1 aromatic rings. The quantitative estimate of drug-likeness (QED) is 0.877. The zero-order valence-electron chi connectivity index (χ0n) is 10.1. The molecule has 5 heteroatoms. The summed E-state index contributed by atoms with van der Waals surface area (Å²) in [6.07, 6.45) is 2.48. The second-order valence-corrected chi connectivity index (χ2v) is 5.24. The van der Waals surface area contributed by atoms with Crippen molar-refractivity contribution in [2.75, 3.05) is 13.7 Å². The van der Waals surface area contributed by atoms with Gasteiger partial charge >= 0.3 is 0 Å². The molecule has 3 unspecified atom stereocenters. The van der Waals surface area contributed by atoms with E-state index in [1.165, 1.54) is 0 Å². The molecule has 0 bridgehead atoms. The predicted molar refractivity (Wildman–Crippen MR) is 64.8 cm³/mol. The van der Waals surface area contributed by atoms with Crippen molar-refractivity contribution in [3.8, 4) is 0 Å². The summed E-state index contributed by atoms with van der Waals surface area (Å²) in [4.78, 5) is 0. The normalized spacial score (nSPS) is 27.2. The second-order valence-electron chi connectivity index (χ2n) is 4.20. The molecule has 2 rings (SSSR count). The molecule has 3 atom stereocenters. The first-order valence-electron chi connectivity index (χ1n) is 5.88. The zero-order valence-corrected chi connectivity index (χ0v) is 10.9. The molecule has 1 fully saturated rings. The van der Waals surface area contributed by atoms with Crippen LogP contribution in [-0.4, -0.2) is 30.0 Å². The van der Waals surface area contributed by atoms with Crippen LogP contribution in [0.3, 0.4) is 0 Å². The predicted octanol–water partition coefficient (Wildman–Crippen LogP) is 2.10. The van der Waals surface area contributed by atoms with Crippen molar-refractivity contribution < 1.29 is 4.74 Å². The fourth-order valence-corrected chi connectivity index (χ4v) is 3.12. The third-order valence-corrected chi connectivity index (χ3v) is 4.43. The number of hydrogen-bond donors (Lipinski definition) is 1. The highest BCUT2D eigenvalue weighted by Crippen LogP contribution is 2.35. The lowest BCUT2D eigenvalue weighted by Gasteiger charge is -2.13. The lowest BCUT2D eigenvalue weighted by atomic mass is 10.0. The minimum atomic E-state index is 0.286. The molecule has 0 aliphatic carbocycles. The molecule has 1 aromatic heterocycles. The molecule has 2 heterocycles. The van der Waals surface area contributed by atoms with E-state index in [1.54, 1.807) is 11.3 Å². The van der Waals surface area contributed by atoms with Crippen molar-refractivity contribution in [2.24, 2.45) is 0 Å². The van der Waals surface area contributed by atoms with Crippen LogP contribution in [0, 0.1) is 0 Å². The lowest BCUT2D eigenvalue weighted by Crippen LogP contribution is -2.12. The van der Waals surface area contributed by atoms with E-state index in [0.717, 1.165) is 29.5 Å². The van der Waals surface area contributed by atoms with Crippen LogP contribution < -0.4 is 5.32 Å². The molecule has 0 saturated carbocycles. The van der Waals surface area contributed by atoms with Crippen LogP contribution in [0.4, 0.5) is 0 Å². The maximum absolute atomic E-state index is 5.69. The number of aromatic nitrogens is 2. The van der Waals surface area contributed by atoms with Crippen LogP contribution in [0.15, 0.2) is 0 Å². The Morgan fingerprint density at radius 2 is 2.38 bits per heavy atom. The van der Waals surface area contributed by atoms with Crippen LogP contribution in [0.2, 0.25) is 0 Å². The third-order valence-electron chi connectivity index (χ3n) is 3.19. The molecule has 4 nitrogen and oxygen atoms in total. The molecule has 0 spiro atoms. The van der Waals surface area contributed by atoms with Crippen molar-refractivity contribution in [1.29, 1.82) is 0 Å². The van der Waals surface area contributed by atoms with Crippen molar-refractivity contribution in [3.63, 3.8) is 0 Å². The summed E-state index contributed by atoms with van der Waals surface area (Å²) < 4.78 is 5.69. The van der Waals surface area contributed by atoms with Gasteiger partial charge in [0.2, 0.25) is 0 Å². The van der Waals surface area contributed by atoms with Crippen LogP contribution in [0.25, 0.3) is 0 Å². The van der Waals surface area contributed by atoms with E-state index in [4.69, 9.17) is 4.74 Å². The Morgan fingerprint density at radius 3 is 3.06 bits per heavy atom. The fraction of sp³-hybridized carbons (Fsp3) is 0.818. The van der Waals surface area contributed by atoms with Crippen LogP contribution in [0.1, 0.15) is 48.7 Å². The first-order chi connectivity index (χ1) is 7.76. The standard InChI is InChI=1S/C11H19N3OS/c1-4-9-8(5-6-15-9)11-14-13-10(16-11)7(2)12-3/h7-9,12H,4-6H2,1-3H3. The Hall–Kier alpha value is -0.520. The van der Waals surface area contributed by atoms with E-state index < -0.39 is 0 Å². The smallest absolute Gasteiger partial charge is 0.134 e. The van der Waals surface area contributed by atoms with Gasteiger partial charge in [-0.1, -0.05) is 18.3 Å². The zero-order chi connectivity index (χ0) is 11.5. The molecule has 0 amide bonds. The van der Waals surface area contributed by atoms with Gasteiger partial charge in [0.05, 0.1) is 12.1 Å². The van der Waals surface area contributed by atoms with Crippen molar-refractivity contribution >= 4 is 11.3 Å². The number of ether oxygens (including phenoxy) is 1. The monoisotopic (exact) mass is 241 g/mol. The van der Waals surface area contributed by atoms with Crippen molar-refractivity contribution in [3.05, 3.63) is 10.0 Å². The number of nitrogens with zero attached hydrogens (tertiary/aromatic N) is 2. The van der Waals surface area contributed by atoms with Gasteiger partial charge in [-0.2, -0.15) is 0 Å². The Balaban J connectivity index is 2.12. The topological polar surface area (TPSA) is 47.0 Å². The molecule has 1 N–H and O–H groups in total. The minimum absolute atomic E-state index is 0.286. The molecule has 16 heavy (non-hydrogen) atoms. The highest BCUT2D eigenvalue weighted by Gasteiger charge is 2.31. The van der Waals surface area contributed by atoms with E-state index in [1.807, 2.05) is 7.05 Å². The fourth-order valence-electron chi connectivity index (χ4n) is 2.03. The molecule has 1 aliphatic rings. The van der Waals surface area contributed by atoms with E-state index in [-0.39, 0.29) is 6.04 Å². The van der Waals surface area contributed by atoms with E-state index in [9.17, 15) is 0 Å². The van der Waals surface area contributed by atoms with Crippen LogP contribution in [-0.2, 0) is 4.74 Å². The van der Waals surface area contributed by atoms with Gasteiger partial charge in [-0.15, -0.1) is 10.2 Å². The van der Waals surface area contributed by atoms with Gasteiger partial charge in [0.25, 0.3) is 0 Å². The largest absolute Gasteiger partial charge is 0.377 e. The minimum Gasteiger partial charge on any atom is -0.377 e. The summed E-state index contributed by atoms with van der Waals surface area (Å²) in [6.45, 7) is 5.13. The summed E-state index contributed by atoms with van der Waals surface area (Å²) in [5.41, 5.74) is 0. The van der Waals surface area contributed by atoms with Gasteiger partial charge in [0, 0.05) is 12.5 Å². The Labute approximate surface area is 100 Å². The van der Waals surface area contributed by atoms with Crippen molar-refractivity contribution in [2.45, 2.75) is 44.8 Å². The van der Waals surface area contributed by atoms with Gasteiger partial charge in [-0.3, -0.25) is 0 Å². The molecule has 0 radical (unpaired) electrons. The Bertz CT molecular complexity index is 342. The lowest BCUT2D eigenvalue weighted by molar-refractivity contribution is 0.100. The number of hydrogen-bond acceptors (Lipinski definition) is 5. The van der Waals surface area contributed by atoms with Gasteiger partial charge < -0.3 is 10.1 Å². The first kappa shape index (κ1) is 12.0. The Morgan fingerprint density at radius 1 is 1.56 bits per heavy atom. The summed E-state index contributed by atoms with van der Waals surface area (Å²) >= 11 is 1.72. The average molecular weight is 241 g/mol. The summed E-state index contributed by atoms with van der Waals surface area (Å²) in [6, 6.07) is 0.286. The molecule has 90 valence electrons. The Kier molecular flexibility index (Phi) is 3.89. The molecular formula is C11H19N3OS. The highest BCUT2D eigenvalue weighted by atomic mass is 32.1. The van der Waals surface area contributed by atoms with Gasteiger partial charge in [-0.25, -0.2) is 0 Å². The van der Waals surface area contributed by atoms with Crippen LogP contribution >= 0.6 is 11.3 Å². The van der Waals surface area contributed by atoms with Gasteiger partial charge in [-0.05, 0) is 26.8 Å². The maximum atomic E-state index is 5.69. The van der Waals surface area contributed by atoms with E-state index in [2.05, 4.69) is 29.4 Å². The first-order valence-corrected chi connectivity index (χ1v) is 6.70. The number of nitrogens with one attached hydrogen (secondary N) is 1. The summed E-state index contributed by atoms with van der Waals surface area (Å²) in [7, 11) is 1.94. The second kappa shape index (κ2) is 5.21. The molecular weight excluding hydrogens is 222 g/mol. The highest BCUT2D eigenvalue weighted by molar-refractivity contribution is 7.11. The SMILES string of the molecule is CCC1OCCC1c1nnc(C(C)NC)s1.